The number of aryl methyl sites for hydroxylation is 2. The molecular formula is C19H20N4O4. The molecule has 8 heteroatoms. The maximum absolute atomic E-state index is 13.0. The van der Waals surface area contributed by atoms with E-state index in [0.29, 0.717) is 17.7 Å². The standard InChI is InChI=1S/C19H20N4O4/c1-3-15-17(23(19(27)21-15)16(25)8-11-24)18(26)13-4-6-14(7-5-13)22-10-9-20-12(22)2/h4-7,9-10,24H,3,8,11H2,1-2H3,(H,21,27). The number of hydrogen-bond donors (Lipinski definition) is 2. The van der Waals surface area contributed by atoms with Crippen molar-refractivity contribution in [3.05, 3.63) is 69.9 Å². The number of nitrogens with one attached hydrogen (secondary N) is 1. The van der Waals surface area contributed by atoms with E-state index in [1.165, 1.54) is 0 Å². The van der Waals surface area contributed by atoms with Gasteiger partial charge in [0.25, 0.3) is 0 Å². The van der Waals surface area contributed by atoms with Crippen molar-refractivity contribution < 1.29 is 14.7 Å². The van der Waals surface area contributed by atoms with Gasteiger partial charge in [-0.1, -0.05) is 6.92 Å². The average Bonchev–Trinajstić information content (AvgIpc) is 3.24. The molecule has 0 saturated carbocycles. The highest BCUT2D eigenvalue weighted by molar-refractivity contribution is 6.10. The topological polar surface area (TPSA) is 110 Å². The van der Waals surface area contributed by atoms with Crippen LogP contribution in [0.5, 0.6) is 0 Å². The molecule has 0 atom stereocenters. The van der Waals surface area contributed by atoms with E-state index in [0.717, 1.165) is 16.1 Å². The Morgan fingerprint density at radius 2 is 1.93 bits per heavy atom. The van der Waals surface area contributed by atoms with Crippen molar-refractivity contribution in [2.45, 2.75) is 26.7 Å². The normalized spacial score (nSPS) is 10.9. The Balaban J connectivity index is 2.02. The average molecular weight is 368 g/mol. The lowest BCUT2D eigenvalue weighted by atomic mass is 10.0. The van der Waals surface area contributed by atoms with Crippen molar-refractivity contribution in [2.24, 2.45) is 0 Å². The SMILES string of the molecule is CCc1[nH]c(=O)n(C(=O)CCO)c1C(=O)c1ccc(-n2ccnc2C)cc1. The third kappa shape index (κ3) is 3.39. The van der Waals surface area contributed by atoms with E-state index in [2.05, 4.69) is 9.97 Å². The van der Waals surface area contributed by atoms with Crippen molar-refractivity contribution >= 4 is 11.7 Å². The molecule has 2 N–H and O–H groups in total. The summed E-state index contributed by atoms with van der Waals surface area (Å²) in [5, 5.41) is 9.00. The van der Waals surface area contributed by atoms with E-state index in [1.54, 1.807) is 37.4 Å². The van der Waals surface area contributed by atoms with Gasteiger partial charge in [-0.15, -0.1) is 0 Å². The molecule has 0 unspecified atom stereocenters. The summed E-state index contributed by atoms with van der Waals surface area (Å²) in [5.74, 6) is -0.228. The largest absolute Gasteiger partial charge is 0.396 e. The summed E-state index contributed by atoms with van der Waals surface area (Å²) < 4.78 is 2.70. The van der Waals surface area contributed by atoms with Gasteiger partial charge >= 0.3 is 5.69 Å². The molecular weight excluding hydrogens is 348 g/mol. The molecule has 0 amide bonds. The first-order valence-electron chi connectivity index (χ1n) is 8.61. The van der Waals surface area contributed by atoms with E-state index < -0.39 is 24.0 Å². The first kappa shape index (κ1) is 18.5. The van der Waals surface area contributed by atoms with Crippen molar-refractivity contribution in [1.29, 1.82) is 0 Å². The third-order valence-electron chi connectivity index (χ3n) is 4.35. The van der Waals surface area contributed by atoms with Gasteiger partial charge in [0.2, 0.25) is 11.7 Å². The lowest BCUT2D eigenvalue weighted by Gasteiger charge is -2.09. The second-order valence-corrected chi connectivity index (χ2v) is 6.03. The molecule has 0 aliphatic heterocycles. The minimum absolute atomic E-state index is 0.0208. The molecule has 0 spiro atoms. The van der Waals surface area contributed by atoms with Gasteiger partial charge in [0, 0.05) is 29.3 Å². The van der Waals surface area contributed by atoms with Crippen LogP contribution in [0.4, 0.5) is 0 Å². The van der Waals surface area contributed by atoms with Gasteiger partial charge in [-0.25, -0.2) is 14.3 Å². The summed E-state index contributed by atoms with van der Waals surface area (Å²) in [7, 11) is 0. The number of carbonyl (C=O) groups excluding carboxylic acids is 2. The summed E-state index contributed by atoms with van der Waals surface area (Å²) in [6.07, 6.45) is 3.66. The van der Waals surface area contributed by atoms with Gasteiger partial charge in [0.1, 0.15) is 11.5 Å². The van der Waals surface area contributed by atoms with Crippen LogP contribution in [-0.2, 0) is 6.42 Å². The number of hydrogen-bond acceptors (Lipinski definition) is 5. The highest BCUT2D eigenvalue weighted by atomic mass is 16.3. The molecule has 0 aliphatic rings. The van der Waals surface area contributed by atoms with Crippen LogP contribution in [0.15, 0.2) is 41.5 Å². The maximum Gasteiger partial charge on any atom is 0.333 e. The molecule has 2 aromatic heterocycles. The fourth-order valence-corrected chi connectivity index (χ4v) is 2.98. The molecule has 0 radical (unpaired) electrons. The first-order valence-corrected chi connectivity index (χ1v) is 8.61. The number of carbonyl (C=O) groups is 2. The minimum Gasteiger partial charge on any atom is -0.396 e. The summed E-state index contributed by atoms with van der Waals surface area (Å²) in [6, 6.07) is 6.85. The van der Waals surface area contributed by atoms with E-state index in [-0.39, 0.29) is 12.1 Å². The van der Waals surface area contributed by atoms with Crippen molar-refractivity contribution in [3.8, 4) is 5.69 Å². The summed E-state index contributed by atoms with van der Waals surface area (Å²) in [6.45, 7) is 3.26. The zero-order valence-corrected chi connectivity index (χ0v) is 15.1. The molecule has 3 rings (SSSR count). The van der Waals surface area contributed by atoms with Gasteiger partial charge in [-0.3, -0.25) is 9.59 Å². The Morgan fingerprint density at radius 1 is 1.22 bits per heavy atom. The van der Waals surface area contributed by atoms with Crippen LogP contribution in [-0.4, -0.2) is 42.5 Å². The van der Waals surface area contributed by atoms with Gasteiger partial charge in [0.05, 0.1) is 13.0 Å². The van der Waals surface area contributed by atoms with Gasteiger partial charge in [0.15, 0.2) is 0 Å². The van der Waals surface area contributed by atoms with Crippen LogP contribution in [0.3, 0.4) is 0 Å². The Kier molecular flexibility index (Phi) is 5.18. The van der Waals surface area contributed by atoms with E-state index in [1.807, 2.05) is 17.7 Å². The van der Waals surface area contributed by atoms with Crippen LogP contribution in [0.25, 0.3) is 5.69 Å². The predicted molar refractivity (Wildman–Crippen MR) is 98.5 cm³/mol. The van der Waals surface area contributed by atoms with Crippen molar-refractivity contribution in [2.75, 3.05) is 6.61 Å². The molecule has 3 aromatic rings. The fraction of sp³-hybridized carbons (Fsp3) is 0.263. The number of aromatic amines is 1. The highest BCUT2D eigenvalue weighted by Gasteiger charge is 2.24. The summed E-state index contributed by atoms with van der Waals surface area (Å²) >= 11 is 0. The number of aromatic nitrogens is 4. The van der Waals surface area contributed by atoms with Crippen LogP contribution < -0.4 is 5.69 Å². The van der Waals surface area contributed by atoms with Crippen molar-refractivity contribution in [3.63, 3.8) is 0 Å². The van der Waals surface area contributed by atoms with Gasteiger partial charge in [-0.05, 0) is 37.6 Å². The molecule has 0 fully saturated rings. The van der Waals surface area contributed by atoms with E-state index in [9.17, 15) is 14.4 Å². The van der Waals surface area contributed by atoms with Crippen LogP contribution in [0.1, 0.15) is 45.7 Å². The number of imidazole rings is 2. The fourth-order valence-electron chi connectivity index (χ4n) is 2.98. The number of H-pyrrole nitrogens is 1. The zero-order valence-electron chi connectivity index (χ0n) is 15.1. The van der Waals surface area contributed by atoms with E-state index >= 15 is 0 Å². The predicted octanol–water partition coefficient (Wildman–Crippen LogP) is 1.49. The molecule has 8 nitrogen and oxygen atoms in total. The number of rotatable bonds is 6. The van der Waals surface area contributed by atoms with Gasteiger partial charge < -0.3 is 14.7 Å². The number of ketones is 1. The van der Waals surface area contributed by atoms with Crippen LogP contribution in [0, 0.1) is 6.92 Å². The lowest BCUT2D eigenvalue weighted by Crippen LogP contribution is -2.28. The molecule has 2 heterocycles. The first-order chi connectivity index (χ1) is 13.0. The van der Waals surface area contributed by atoms with Gasteiger partial charge in [-0.2, -0.15) is 0 Å². The highest BCUT2D eigenvalue weighted by Crippen LogP contribution is 2.17. The Bertz CT molecular complexity index is 1040. The number of benzene rings is 1. The summed E-state index contributed by atoms with van der Waals surface area (Å²) in [4.78, 5) is 44.1. The third-order valence-corrected chi connectivity index (χ3v) is 4.35. The maximum atomic E-state index is 13.0. The number of aliphatic hydroxyl groups is 1. The van der Waals surface area contributed by atoms with Crippen LogP contribution in [0.2, 0.25) is 0 Å². The quantitative estimate of drug-likeness (QED) is 0.641. The summed E-state index contributed by atoms with van der Waals surface area (Å²) in [5.41, 5.74) is 0.952. The monoisotopic (exact) mass is 368 g/mol. The molecule has 1 aromatic carbocycles. The number of aliphatic hydroxyl groups excluding tert-OH is 1. The second kappa shape index (κ2) is 7.55. The molecule has 0 aliphatic carbocycles. The Hall–Kier alpha value is -3.26. The number of nitrogens with zero attached hydrogens (tertiary/aromatic N) is 3. The zero-order chi connectivity index (χ0) is 19.6. The second-order valence-electron chi connectivity index (χ2n) is 6.03. The van der Waals surface area contributed by atoms with Crippen molar-refractivity contribution in [1.82, 2.24) is 19.1 Å². The molecule has 27 heavy (non-hydrogen) atoms. The molecule has 140 valence electrons. The smallest absolute Gasteiger partial charge is 0.333 e. The molecule has 0 saturated heterocycles. The lowest BCUT2D eigenvalue weighted by molar-refractivity contribution is 0.0854. The molecule has 0 bridgehead atoms. The minimum atomic E-state index is -0.667. The Labute approximate surface area is 155 Å². The van der Waals surface area contributed by atoms with E-state index in [4.69, 9.17) is 5.11 Å². The Morgan fingerprint density at radius 3 is 2.48 bits per heavy atom. The van der Waals surface area contributed by atoms with Crippen LogP contribution >= 0.6 is 0 Å².